The topological polar surface area (TPSA) is 89.2 Å². The van der Waals surface area contributed by atoms with Crippen molar-refractivity contribution in [2.45, 2.75) is 47.2 Å². The van der Waals surface area contributed by atoms with Crippen LogP contribution in [0, 0.1) is 18.8 Å². The van der Waals surface area contributed by atoms with Crippen LogP contribution in [0.5, 0.6) is 0 Å². The van der Waals surface area contributed by atoms with Gasteiger partial charge in [0.05, 0.1) is 6.54 Å². The fourth-order valence-corrected chi connectivity index (χ4v) is 3.79. The summed E-state index contributed by atoms with van der Waals surface area (Å²) in [5, 5.41) is 13.1. The second kappa shape index (κ2) is 10.8. The first kappa shape index (κ1) is 24.7. The lowest BCUT2D eigenvalue weighted by molar-refractivity contribution is 0.219. The van der Waals surface area contributed by atoms with Gasteiger partial charge in [-0.15, -0.1) is 0 Å². The van der Waals surface area contributed by atoms with E-state index >= 15 is 0 Å². The van der Waals surface area contributed by atoms with E-state index in [1.54, 1.807) is 13.0 Å². The van der Waals surface area contributed by atoms with Crippen LogP contribution in [0.1, 0.15) is 37.5 Å². The molecule has 7 nitrogen and oxygen atoms in total. The third-order valence-electron chi connectivity index (χ3n) is 5.35. The molecule has 8 heteroatoms. The van der Waals surface area contributed by atoms with Crippen LogP contribution in [-0.2, 0) is 19.5 Å². The van der Waals surface area contributed by atoms with Gasteiger partial charge in [0.25, 0.3) is 0 Å². The summed E-state index contributed by atoms with van der Waals surface area (Å²) in [4.78, 5) is 30.2. The second-order valence-corrected chi connectivity index (χ2v) is 9.41. The summed E-state index contributed by atoms with van der Waals surface area (Å²) in [6.45, 7) is 8.21. The van der Waals surface area contributed by atoms with Gasteiger partial charge in [-0.05, 0) is 48.4 Å². The SMILES string of the molecule is Cc1ccc(Cn2c(Nc3ccc(CC(C)C)c(Cl)c3)nc(=O)n(C[C@H](C)CO)c2=O)cc1. The number of benzene rings is 2. The van der Waals surface area contributed by atoms with Crippen molar-refractivity contribution in [3.05, 3.63) is 85.1 Å². The lowest BCUT2D eigenvalue weighted by atomic mass is 10.0. The number of anilines is 2. The highest BCUT2D eigenvalue weighted by molar-refractivity contribution is 6.31. The maximum absolute atomic E-state index is 13.3. The maximum Gasteiger partial charge on any atom is 0.354 e. The van der Waals surface area contributed by atoms with Crippen molar-refractivity contribution in [2.75, 3.05) is 11.9 Å². The summed E-state index contributed by atoms with van der Waals surface area (Å²) in [5.74, 6) is 0.360. The van der Waals surface area contributed by atoms with Crippen LogP contribution in [0.25, 0.3) is 0 Å². The van der Waals surface area contributed by atoms with Gasteiger partial charge >= 0.3 is 11.4 Å². The van der Waals surface area contributed by atoms with Gasteiger partial charge in [-0.1, -0.05) is 68.3 Å². The first-order valence-corrected chi connectivity index (χ1v) is 11.5. The molecule has 0 spiro atoms. The zero-order chi connectivity index (χ0) is 24.1. The molecule has 0 radical (unpaired) electrons. The lowest BCUT2D eigenvalue weighted by Crippen LogP contribution is -2.44. The van der Waals surface area contributed by atoms with Crippen LogP contribution in [0.3, 0.4) is 0 Å². The largest absolute Gasteiger partial charge is 0.396 e. The van der Waals surface area contributed by atoms with E-state index in [-0.39, 0.29) is 31.6 Å². The molecular weight excluding hydrogens is 440 g/mol. The van der Waals surface area contributed by atoms with Crippen LogP contribution < -0.4 is 16.7 Å². The number of aromatic nitrogens is 3. The normalized spacial score (nSPS) is 12.2. The molecule has 1 aromatic heterocycles. The smallest absolute Gasteiger partial charge is 0.354 e. The fourth-order valence-electron chi connectivity index (χ4n) is 3.53. The van der Waals surface area contributed by atoms with Gasteiger partial charge in [0.2, 0.25) is 5.95 Å². The molecule has 0 saturated carbocycles. The number of rotatable bonds is 9. The van der Waals surface area contributed by atoms with Gasteiger partial charge in [-0.2, -0.15) is 4.98 Å². The maximum atomic E-state index is 13.3. The Bertz CT molecular complexity index is 1220. The summed E-state index contributed by atoms with van der Waals surface area (Å²) in [7, 11) is 0. The molecule has 3 rings (SSSR count). The molecule has 2 aromatic carbocycles. The molecular formula is C25H31ClN4O3. The Morgan fingerprint density at radius 3 is 2.36 bits per heavy atom. The summed E-state index contributed by atoms with van der Waals surface area (Å²) < 4.78 is 2.51. The minimum Gasteiger partial charge on any atom is -0.396 e. The third-order valence-corrected chi connectivity index (χ3v) is 5.71. The van der Waals surface area contributed by atoms with E-state index in [1.165, 1.54) is 4.57 Å². The molecule has 3 aromatic rings. The van der Waals surface area contributed by atoms with Crippen LogP contribution in [0.2, 0.25) is 5.02 Å². The first-order valence-electron chi connectivity index (χ1n) is 11.1. The molecule has 33 heavy (non-hydrogen) atoms. The molecule has 0 amide bonds. The van der Waals surface area contributed by atoms with Crippen molar-refractivity contribution in [1.82, 2.24) is 14.1 Å². The average molecular weight is 471 g/mol. The summed E-state index contributed by atoms with van der Waals surface area (Å²) in [6.07, 6.45) is 0.856. The first-order chi connectivity index (χ1) is 15.7. The monoisotopic (exact) mass is 470 g/mol. The van der Waals surface area contributed by atoms with E-state index in [2.05, 4.69) is 24.1 Å². The molecule has 0 fully saturated rings. The Morgan fingerprint density at radius 1 is 1.06 bits per heavy atom. The zero-order valence-corrected chi connectivity index (χ0v) is 20.3. The van der Waals surface area contributed by atoms with Crippen molar-refractivity contribution in [1.29, 1.82) is 0 Å². The number of aliphatic hydroxyl groups excluding tert-OH is 1. The van der Waals surface area contributed by atoms with Gasteiger partial charge in [0.1, 0.15) is 0 Å². The average Bonchev–Trinajstić information content (AvgIpc) is 2.76. The number of aryl methyl sites for hydroxylation is 1. The Labute approximate surface area is 198 Å². The molecule has 0 aliphatic rings. The Morgan fingerprint density at radius 2 is 1.76 bits per heavy atom. The minimum absolute atomic E-state index is 0.0884. The number of aliphatic hydroxyl groups is 1. The Balaban J connectivity index is 2.04. The van der Waals surface area contributed by atoms with Crippen LogP contribution in [0.15, 0.2) is 52.1 Å². The van der Waals surface area contributed by atoms with Crippen molar-refractivity contribution < 1.29 is 5.11 Å². The van der Waals surface area contributed by atoms with Gasteiger partial charge < -0.3 is 10.4 Å². The van der Waals surface area contributed by atoms with Gasteiger partial charge in [-0.25, -0.2) is 14.2 Å². The second-order valence-electron chi connectivity index (χ2n) is 9.00. The standard InChI is InChI=1S/C25H31ClN4O3/c1-16(2)11-20-9-10-21(12-22(20)26)27-23-28-24(32)30(13-18(4)15-31)25(33)29(23)14-19-7-5-17(3)6-8-19/h5-10,12,16,18,31H,11,13-15H2,1-4H3,(H,27,28,32)/t18-/m0/s1. The number of hydrogen-bond donors (Lipinski definition) is 2. The zero-order valence-electron chi connectivity index (χ0n) is 19.5. The van der Waals surface area contributed by atoms with Crippen LogP contribution in [-0.4, -0.2) is 25.8 Å². The molecule has 176 valence electrons. The minimum atomic E-state index is -0.662. The van der Waals surface area contributed by atoms with E-state index in [4.69, 9.17) is 11.6 Å². The summed E-state index contributed by atoms with van der Waals surface area (Å²) >= 11 is 6.47. The van der Waals surface area contributed by atoms with Gasteiger partial charge in [0.15, 0.2) is 0 Å². The molecule has 0 saturated heterocycles. The third kappa shape index (κ3) is 6.33. The molecule has 2 N–H and O–H groups in total. The lowest BCUT2D eigenvalue weighted by Gasteiger charge is -2.17. The van der Waals surface area contributed by atoms with Gasteiger partial charge in [-0.3, -0.25) is 4.57 Å². The highest BCUT2D eigenvalue weighted by Gasteiger charge is 2.16. The molecule has 1 heterocycles. The van der Waals surface area contributed by atoms with E-state index in [1.807, 2.05) is 43.3 Å². The van der Waals surface area contributed by atoms with Crippen LogP contribution in [0.4, 0.5) is 11.6 Å². The summed E-state index contributed by atoms with van der Waals surface area (Å²) in [5.41, 5.74) is 2.54. The van der Waals surface area contributed by atoms with Crippen molar-refractivity contribution in [3.8, 4) is 0 Å². The molecule has 0 aliphatic carbocycles. The van der Waals surface area contributed by atoms with Crippen LogP contribution >= 0.6 is 11.6 Å². The Kier molecular flexibility index (Phi) is 8.10. The fraction of sp³-hybridized carbons (Fsp3) is 0.400. The van der Waals surface area contributed by atoms with Crippen molar-refractivity contribution in [2.24, 2.45) is 11.8 Å². The van der Waals surface area contributed by atoms with E-state index in [0.29, 0.717) is 16.6 Å². The van der Waals surface area contributed by atoms with Crippen molar-refractivity contribution >= 4 is 23.2 Å². The van der Waals surface area contributed by atoms with E-state index < -0.39 is 11.4 Å². The quantitative estimate of drug-likeness (QED) is 0.493. The highest BCUT2D eigenvalue weighted by atomic mass is 35.5. The van der Waals surface area contributed by atoms with Crippen molar-refractivity contribution in [3.63, 3.8) is 0 Å². The number of hydrogen-bond acceptors (Lipinski definition) is 5. The number of halogens is 1. The number of nitrogens with one attached hydrogen (secondary N) is 1. The number of nitrogens with zero attached hydrogens (tertiary/aromatic N) is 3. The molecule has 0 bridgehead atoms. The Hall–Kier alpha value is -2.90. The van der Waals surface area contributed by atoms with E-state index in [0.717, 1.165) is 27.7 Å². The highest BCUT2D eigenvalue weighted by Crippen LogP contribution is 2.25. The van der Waals surface area contributed by atoms with E-state index in [9.17, 15) is 14.7 Å². The predicted octanol–water partition coefficient (Wildman–Crippen LogP) is 3.99. The molecule has 0 unspecified atom stereocenters. The van der Waals surface area contributed by atoms with Gasteiger partial charge in [0, 0.05) is 23.9 Å². The molecule has 0 aliphatic heterocycles. The predicted molar refractivity (Wildman–Crippen MR) is 133 cm³/mol. The summed E-state index contributed by atoms with van der Waals surface area (Å²) in [6, 6.07) is 13.4. The molecule has 1 atom stereocenters.